The van der Waals surface area contributed by atoms with Gasteiger partial charge in [0.1, 0.15) is 6.17 Å². The number of methoxy groups -OCH3 is 2. The van der Waals surface area contributed by atoms with Crippen molar-refractivity contribution in [3.63, 3.8) is 0 Å². The van der Waals surface area contributed by atoms with E-state index in [-0.39, 0.29) is 17.7 Å². The van der Waals surface area contributed by atoms with E-state index in [2.05, 4.69) is 0 Å². The number of anilines is 1. The second-order valence-electron chi connectivity index (χ2n) is 9.13. The largest absolute Gasteiger partial charge is 0.493 e. The number of rotatable bonds is 8. The summed E-state index contributed by atoms with van der Waals surface area (Å²) >= 11 is 0. The van der Waals surface area contributed by atoms with Gasteiger partial charge in [-0.3, -0.25) is 19.3 Å². The van der Waals surface area contributed by atoms with E-state index in [0.29, 0.717) is 67.6 Å². The molecular weight excluding hydrogens is 462 g/mol. The Hall–Kier alpha value is -3.59. The van der Waals surface area contributed by atoms with Gasteiger partial charge in [0, 0.05) is 31.6 Å². The summed E-state index contributed by atoms with van der Waals surface area (Å²) in [5.41, 5.74) is 2.25. The number of hydrogen-bond acceptors (Lipinski definition) is 6. The van der Waals surface area contributed by atoms with E-state index in [4.69, 9.17) is 14.2 Å². The number of fused-ring (bicyclic) bond motifs is 5. The maximum Gasteiger partial charge on any atom is 0.264 e. The van der Waals surface area contributed by atoms with Gasteiger partial charge in [-0.05, 0) is 31.0 Å². The van der Waals surface area contributed by atoms with Crippen LogP contribution in [0.1, 0.15) is 58.1 Å². The molecule has 0 aromatic heterocycles. The first-order chi connectivity index (χ1) is 17.6. The van der Waals surface area contributed by atoms with Crippen LogP contribution in [-0.4, -0.2) is 74.6 Å². The summed E-state index contributed by atoms with van der Waals surface area (Å²) in [6, 6.07) is 10.8. The van der Waals surface area contributed by atoms with Gasteiger partial charge >= 0.3 is 0 Å². The van der Waals surface area contributed by atoms with Crippen molar-refractivity contribution in [3.05, 3.63) is 53.1 Å². The van der Waals surface area contributed by atoms with Crippen molar-refractivity contribution in [3.8, 4) is 11.5 Å². The molecule has 2 aromatic rings. The number of carbonyl (C=O) groups is 3. The molecule has 0 saturated carbocycles. The number of para-hydroxylation sites is 1. The summed E-state index contributed by atoms with van der Waals surface area (Å²) < 4.78 is 16.3. The molecule has 3 amide bonds. The number of amides is 3. The molecule has 0 spiro atoms. The summed E-state index contributed by atoms with van der Waals surface area (Å²) in [6.07, 6.45) is 2.23. The van der Waals surface area contributed by atoms with E-state index in [0.717, 1.165) is 24.8 Å². The number of unbranched alkanes of at least 4 members (excludes halogenated alkanes) is 2. The van der Waals surface area contributed by atoms with Crippen molar-refractivity contribution >= 4 is 23.4 Å². The zero-order valence-corrected chi connectivity index (χ0v) is 20.7. The molecule has 0 aliphatic carbocycles. The molecule has 3 aliphatic heterocycles. The summed E-state index contributed by atoms with van der Waals surface area (Å²) in [7, 11) is 3.05. The van der Waals surface area contributed by atoms with E-state index in [1.807, 2.05) is 29.2 Å². The van der Waals surface area contributed by atoms with Crippen LogP contribution in [0.2, 0.25) is 0 Å². The average molecular weight is 494 g/mol. The zero-order valence-electron chi connectivity index (χ0n) is 20.7. The molecule has 1 saturated heterocycles. The van der Waals surface area contributed by atoms with Crippen molar-refractivity contribution < 1.29 is 28.6 Å². The predicted octanol–water partition coefficient (Wildman–Crippen LogP) is 3.24. The van der Waals surface area contributed by atoms with Crippen LogP contribution in [0.3, 0.4) is 0 Å². The average Bonchev–Trinajstić information content (AvgIpc) is 3.22. The van der Waals surface area contributed by atoms with Crippen molar-refractivity contribution in [1.82, 2.24) is 9.80 Å². The standard InChI is InChI=1S/C27H31N3O6/c1-34-21-12-11-19-23(24(21)35-2)27(33)30-20-9-6-5-8-18(20)26(32)29(25(19)30)13-7-3-4-10-22(31)28-14-16-36-17-15-28/h5-6,8-9,11-12,25H,3-4,7,10,13-17H2,1-2H3/t25-/m1/s1. The Morgan fingerprint density at radius 2 is 1.75 bits per heavy atom. The van der Waals surface area contributed by atoms with Gasteiger partial charge in [-0.15, -0.1) is 0 Å². The lowest BCUT2D eigenvalue weighted by atomic mass is 10.0. The number of ether oxygens (including phenoxy) is 3. The maximum absolute atomic E-state index is 13.7. The topological polar surface area (TPSA) is 88.6 Å². The Labute approximate surface area is 210 Å². The minimum absolute atomic E-state index is 0.105. The maximum atomic E-state index is 13.7. The highest BCUT2D eigenvalue weighted by molar-refractivity contribution is 6.18. The highest BCUT2D eigenvalue weighted by Gasteiger charge is 2.49. The van der Waals surface area contributed by atoms with Crippen LogP contribution < -0.4 is 14.4 Å². The number of nitrogens with zero attached hydrogens (tertiary/aromatic N) is 3. The van der Waals surface area contributed by atoms with Crippen LogP contribution in [0.15, 0.2) is 36.4 Å². The zero-order chi connectivity index (χ0) is 25.2. The minimum Gasteiger partial charge on any atom is -0.493 e. The van der Waals surface area contributed by atoms with Gasteiger partial charge in [0.15, 0.2) is 11.5 Å². The SMILES string of the molecule is COc1ccc2c(c1OC)C(=O)N1c3ccccc3C(=O)N(CCCCCC(=O)N3CCOCC3)[C@@H]21. The summed E-state index contributed by atoms with van der Waals surface area (Å²) in [5, 5.41) is 0. The first kappa shape index (κ1) is 24.1. The lowest BCUT2D eigenvalue weighted by molar-refractivity contribution is -0.135. The Morgan fingerprint density at radius 3 is 2.50 bits per heavy atom. The molecule has 5 rings (SSSR count). The van der Waals surface area contributed by atoms with Gasteiger partial charge in [-0.1, -0.05) is 24.6 Å². The van der Waals surface area contributed by atoms with Crippen molar-refractivity contribution in [2.24, 2.45) is 0 Å². The van der Waals surface area contributed by atoms with Crippen molar-refractivity contribution in [2.75, 3.05) is 52.0 Å². The van der Waals surface area contributed by atoms with Gasteiger partial charge < -0.3 is 24.0 Å². The first-order valence-corrected chi connectivity index (χ1v) is 12.4. The molecule has 3 heterocycles. The molecule has 9 nitrogen and oxygen atoms in total. The predicted molar refractivity (Wildman–Crippen MR) is 132 cm³/mol. The Morgan fingerprint density at radius 1 is 0.972 bits per heavy atom. The number of carbonyl (C=O) groups excluding carboxylic acids is 3. The summed E-state index contributed by atoms with van der Waals surface area (Å²) in [6.45, 7) is 2.97. The van der Waals surface area contributed by atoms with Crippen LogP contribution in [0.25, 0.3) is 0 Å². The van der Waals surface area contributed by atoms with Crippen LogP contribution in [0.4, 0.5) is 5.69 Å². The highest BCUT2D eigenvalue weighted by atomic mass is 16.5. The lowest BCUT2D eigenvalue weighted by Crippen LogP contribution is -2.48. The number of morpholine rings is 1. The summed E-state index contributed by atoms with van der Waals surface area (Å²) in [5.74, 6) is 0.684. The minimum atomic E-state index is -0.551. The second-order valence-corrected chi connectivity index (χ2v) is 9.13. The second kappa shape index (κ2) is 10.2. The van der Waals surface area contributed by atoms with Crippen molar-refractivity contribution in [1.29, 1.82) is 0 Å². The molecule has 0 radical (unpaired) electrons. The van der Waals surface area contributed by atoms with Crippen molar-refractivity contribution in [2.45, 2.75) is 31.8 Å². The van der Waals surface area contributed by atoms with Gasteiger partial charge in [-0.25, -0.2) is 0 Å². The smallest absolute Gasteiger partial charge is 0.264 e. The Kier molecular flexibility index (Phi) is 6.82. The van der Waals surface area contributed by atoms with E-state index < -0.39 is 6.17 Å². The van der Waals surface area contributed by atoms with Gasteiger partial charge in [0.2, 0.25) is 5.91 Å². The molecule has 9 heteroatoms. The molecule has 0 N–H and O–H groups in total. The van der Waals surface area contributed by atoms with Gasteiger partial charge in [-0.2, -0.15) is 0 Å². The molecule has 1 fully saturated rings. The molecule has 190 valence electrons. The normalized spacial score (nSPS) is 18.6. The third-order valence-corrected chi connectivity index (χ3v) is 7.14. The summed E-state index contributed by atoms with van der Waals surface area (Å²) in [4.78, 5) is 45.0. The van der Waals surface area contributed by atoms with Gasteiger partial charge in [0.25, 0.3) is 11.8 Å². The first-order valence-electron chi connectivity index (χ1n) is 12.4. The van der Waals surface area contributed by atoms with E-state index >= 15 is 0 Å². The van der Waals surface area contributed by atoms with E-state index in [1.165, 1.54) is 14.2 Å². The van der Waals surface area contributed by atoms with Crippen LogP contribution in [0, 0.1) is 0 Å². The quantitative estimate of drug-likeness (QED) is 0.525. The Balaban J connectivity index is 1.35. The van der Waals surface area contributed by atoms with Crippen LogP contribution in [0.5, 0.6) is 11.5 Å². The molecule has 0 unspecified atom stereocenters. The molecule has 36 heavy (non-hydrogen) atoms. The third-order valence-electron chi connectivity index (χ3n) is 7.14. The fourth-order valence-corrected chi connectivity index (χ4v) is 5.36. The fraction of sp³-hybridized carbons (Fsp3) is 0.444. The van der Waals surface area contributed by atoms with Crippen LogP contribution >= 0.6 is 0 Å². The van der Waals surface area contributed by atoms with Gasteiger partial charge in [0.05, 0.1) is 44.2 Å². The van der Waals surface area contributed by atoms with Crippen LogP contribution in [-0.2, 0) is 9.53 Å². The third kappa shape index (κ3) is 4.07. The lowest BCUT2D eigenvalue weighted by Gasteiger charge is -2.41. The molecule has 2 aromatic carbocycles. The van der Waals surface area contributed by atoms with E-state index in [9.17, 15) is 14.4 Å². The molecule has 0 bridgehead atoms. The number of benzene rings is 2. The highest BCUT2D eigenvalue weighted by Crippen LogP contribution is 2.49. The Bertz CT molecular complexity index is 1180. The molecular formula is C27H31N3O6. The molecule has 3 aliphatic rings. The number of hydrogen-bond donors (Lipinski definition) is 0. The molecule has 1 atom stereocenters. The fourth-order valence-electron chi connectivity index (χ4n) is 5.36. The monoisotopic (exact) mass is 493 g/mol. The van der Waals surface area contributed by atoms with E-state index in [1.54, 1.807) is 21.9 Å².